The Kier molecular flexibility index (Phi) is 5.00. The molecule has 0 radical (unpaired) electrons. The van der Waals surface area contributed by atoms with Crippen LogP contribution in [0, 0.1) is 34.5 Å². The van der Waals surface area contributed by atoms with Crippen molar-refractivity contribution in [3.8, 4) is 0 Å². The second kappa shape index (κ2) is 6.76. The Hall–Kier alpha value is -0.0900. The van der Waals surface area contributed by atoms with Gasteiger partial charge >= 0.3 is 5.97 Å². The van der Waals surface area contributed by atoms with Gasteiger partial charge in [-0.15, -0.1) is 0 Å². The van der Waals surface area contributed by atoms with E-state index in [1.54, 1.807) is 0 Å². The van der Waals surface area contributed by atoms with Crippen LogP contribution in [-0.4, -0.2) is 28.1 Å². The number of fused-ring (bicyclic) bond motifs is 5. The molecular weight excluding hydrogens is 392 g/mol. The van der Waals surface area contributed by atoms with Crippen molar-refractivity contribution >= 4 is 21.9 Å². The van der Waals surface area contributed by atoms with Crippen molar-refractivity contribution in [2.24, 2.45) is 34.5 Å². The summed E-state index contributed by atoms with van der Waals surface area (Å²) >= 11 is 3.88. The molecule has 0 amide bonds. The lowest BCUT2D eigenvalue weighted by Gasteiger charge is -2.60. The van der Waals surface area contributed by atoms with Crippen LogP contribution in [0.4, 0.5) is 0 Å². The number of hydrogen-bond acceptors (Lipinski definition) is 3. The topological polar surface area (TPSA) is 46.5 Å². The molecule has 4 saturated carbocycles. The predicted octanol–water partition coefficient (Wildman–Crippen LogP) is 5.09. The van der Waals surface area contributed by atoms with Gasteiger partial charge in [0.25, 0.3) is 0 Å². The smallest absolute Gasteiger partial charge is 0.305 e. The van der Waals surface area contributed by atoms with E-state index in [9.17, 15) is 9.90 Å². The molecule has 4 rings (SSSR count). The van der Waals surface area contributed by atoms with Crippen LogP contribution in [0.25, 0.3) is 0 Å². The number of hydrogen-bond donors (Lipinski definition) is 1. The van der Waals surface area contributed by atoms with Crippen LogP contribution in [0.2, 0.25) is 0 Å². The van der Waals surface area contributed by atoms with Crippen LogP contribution in [0.15, 0.2) is 0 Å². The predicted molar refractivity (Wildman–Crippen MR) is 106 cm³/mol. The molecule has 0 bridgehead atoms. The largest absolute Gasteiger partial charge is 0.461 e. The van der Waals surface area contributed by atoms with E-state index >= 15 is 0 Å². The molecule has 4 fully saturated rings. The van der Waals surface area contributed by atoms with Gasteiger partial charge in [-0.2, -0.15) is 0 Å². The SMILES string of the molecule is CCC(=O)OC1[C@H](Br)CC2C3CCC4C[C@@H](O)CC[C@]4(C)C3CC[C@@]21C. The molecule has 148 valence electrons. The fraction of sp³-hybridized carbons (Fsp3) is 0.955. The summed E-state index contributed by atoms with van der Waals surface area (Å²) in [4.78, 5) is 12.3. The van der Waals surface area contributed by atoms with Crippen molar-refractivity contribution in [2.45, 2.75) is 95.6 Å². The van der Waals surface area contributed by atoms with E-state index < -0.39 is 0 Å². The zero-order chi connectivity index (χ0) is 18.7. The average molecular weight is 427 g/mol. The average Bonchev–Trinajstić information content (AvgIpc) is 2.86. The number of carbonyl (C=O) groups excluding carboxylic acids is 1. The van der Waals surface area contributed by atoms with E-state index in [2.05, 4.69) is 29.8 Å². The number of alkyl halides is 1. The highest BCUT2D eigenvalue weighted by Crippen LogP contribution is 2.67. The molecule has 9 atom stereocenters. The molecule has 0 aromatic rings. The molecule has 0 aliphatic heterocycles. The minimum atomic E-state index is -0.0743. The Morgan fingerprint density at radius 2 is 1.81 bits per heavy atom. The number of aliphatic hydroxyl groups is 1. The van der Waals surface area contributed by atoms with Crippen LogP contribution < -0.4 is 0 Å². The standard InChI is InChI=1S/C22H35BrO3/c1-4-19(25)26-20-18(23)12-17-15-6-5-13-11-14(24)7-9-21(13,2)16(15)8-10-22(17,20)3/h13-18,20,24H,4-12H2,1-3H3/t13?,14-,15?,16?,17?,18+,20?,21-,22-/m0/s1. The van der Waals surface area contributed by atoms with Gasteiger partial charge in [-0.3, -0.25) is 4.79 Å². The van der Waals surface area contributed by atoms with Crippen LogP contribution in [0.5, 0.6) is 0 Å². The van der Waals surface area contributed by atoms with Crippen LogP contribution in [0.1, 0.15) is 78.6 Å². The summed E-state index contributed by atoms with van der Waals surface area (Å²) in [6, 6.07) is 0. The Balaban J connectivity index is 1.58. The van der Waals surface area contributed by atoms with Crippen molar-refractivity contribution in [1.82, 2.24) is 0 Å². The van der Waals surface area contributed by atoms with Gasteiger partial charge in [0, 0.05) is 11.8 Å². The van der Waals surface area contributed by atoms with E-state index in [0.29, 0.717) is 28.5 Å². The molecule has 5 unspecified atom stereocenters. The lowest BCUT2D eigenvalue weighted by atomic mass is 9.45. The zero-order valence-electron chi connectivity index (χ0n) is 16.5. The molecule has 26 heavy (non-hydrogen) atoms. The highest BCUT2D eigenvalue weighted by atomic mass is 79.9. The third-order valence-corrected chi connectivity index (χ3v) is 9.93. The third-order valence-electron chi connectivity index (χ3n) is 9.08. The van der Waals surface area contributed by atoms with Gasteiger partial charge in [-0.25, -0.2) is 0 Å². The number of esters is 1. The van der Waals surface area contributed by atoms with Gasteiger partial charge in [0.1, 0.15) is 6.10 Å². The van der Waals surface area contributed by atoms with Crippen molar-refractivity contribution < 1.29 is 14.6 Å². The monoisotopic (exact) mass is 426 g/mol. The van der Waals surface area contributed by atoms with Crippen LogP contribution in [0.3, 0.4) is 0 Å². The summed E-state index contributed by atoms with van der Waals surface area (Å²) in [5.41, 5.74) is 0.529. The fourth-order valence-electron chi connectivity index (χ4n) is 7.59. The van der Waals surface area contributed by atoms with Crippen molar-refractivity contribution in [2.75, 3.05) is 0 Å². The first-order chi connectivity index (χ1) is 12.3. The Morgan fingerprint density at radius 3 is 2.54 bits per heavy atom. The highest BCUT2D eigenvalue weighted by Gasteiger charge is 2.63. The van der Waals surface area contributed by atoms with Gasteiger partial charge in [0.05, 0.1) is 10.9 Å². The molecule has 0 aromatic carbocycles. The van der Waals surface area contributed by atoms with E-state index in [1.807, 2.05) is 6.92 Å². The number of rotatable bonds is 2. The van der Waals surface area contributed by atoms with Crippen molar-refractivity contribution in [3.05, 3.63) is 0 Å². The maximum Gasteiger partial charge on any atom is 0.305 e. The maximum atomic E-state index is 12.0. The summed E-state index contributed by atoms with van der Waals surface area (Å²) < 4.78 is 5.95. The summed E-state index contributed by atoms with van der Waals surface area (Å²) in [5.74, 6) is 2.85. The van der Waals surface area contributed by atoms with Gasteiger partial charge < -0.3 is 9.84 Å². The molecule has 1 N–H and O–H groups in total. The number of halogens is 1. The van der Waals surface area contributed by atoms with Gasteiger partial charge in [0.2, 0.25) is 0 Å². The molecule has 4 heteroatoms. The van der Waals surface area contributed by atoms with Crippen molar-refractivity contribution in [3.63, 3.8) is 0 Å². The molecule has 0 heterocycles. The summed E-state index contributed by atoms with van der Waals surface area (Å²) in [5, 5.41) is 10.2. The first-order valence-electron chi connectivity index (χ1n) is 10.8. The summed E-state index contributed by atoms with van der Waals surface area (Å²) in [6.07, 6.45) is 9.75. The Labute approximate surface area is 166 Å². The number of aliphatic hydroxyl groups excluding tert-OH is 1. The van der Waals surface area contributed by atoms with Gasteiger partial charge in [-0.05, 0) is 80.5 Å². The van der Waals surface area contributed by atoms with E-state index in [1.165, 1.54) is 32.1 Å². The first-order valence-corrected chi connectivity index (χ1v) is 11.7. The fourth-order valence-corrected chi connectivity index (χ4v) is 8.71. The molecule has 0 saturated heterocycles. The van der Waals surface area contributed by atoms with Gasteiger partial charge in [0.15, 0.2) is 0 Å². The van der Waals surface area contributed by atoms with Gasteiger partial charge in [-0.1, -0.05) is 36.7 Å². The van der Waals surface area contributed by atoms with Crippen molar-refractivity contribution in [1.29, 1.82) is 0 Å². The number of carbonyl (C=O) groups is 1. The van der Waals surface area contributed by atoms with Crippen LogP contribution >= 0.6 is 15.9 Å². The summed E-state index contributed by atoms with van der Waals surface area (Å²) in [6.45, 7) is 6.80. The second-order valence-electron chi connectivity index (χ2n) is 10.1. The quantitative estimate of drug-likeness (QED) is 0.494. The maximum absolute atomic E-state index is 12.0. The Bertz CT molecular complexity index is 566. The first kappa shape index (κ1) is 19.2. The van der Waals surface area contributed by atoms with Crippen LogP contribution in [-0.2, 0) is 9.53 Å². The molecule has 4 aliphatic carbocycles. The summed E-state index contributed by atoms with van der Waals surface area (Å²) in [7, 11) is 0. The lowest BCUT2D eigenvalue weighted by Crippen LogP contribution is -2.54. The highest BCUT2D eigenvalue weighted by molar-refractivity contribution is 9.09. The molecule has 0 spiro atoms. The zero-order valence-corrected chi connectivity index (χ0v) is 18.1. The van der Waals surface area contributed by atoms with E-state index in [-0.39, 0.29) is 23.6 Å². The van der Waals surface area contributed by atoms with E-state index in [4.69, 9.17) is 4.74 Å². The minimum absolute atomic E-state index is 0.0274. The van der Waals surface area contributed by atoms with E-state index in [0.717, 1.165) is 31.1 Å². The minimum Gasteiger partial charge on any atom is -0.461 e. The molecular formula is C22H35BrO3. The third kappa shape index (κ3) is 2.80. The molecule has 4 aliphatic rings. The Morgan fingerprint density at radius 1 is 1.08 bits per heavy atom. The lowest BCUT2D eigenvalue weighted by molar-refractivity contribution is -0.164. The number of ether oxygens (including phenoxy) is 1. The second-order valence-corrected chi connectivity index (χ2v) is 11.3. The molecule has 3 nitrogen and oxygen atoms in total. The normalized spacial score (nSPS) is 53.3. The molecule has 0 aromatic heterocycles.